The van der Waals surface area contributed by atoms with Gasteiger partial charge in [0.05, 0.1) is 25.8 Å². The molecule has 1 amide bonds. The van der Waals surface area contributed by atoms with Crippen molar-refractivity contribution in [3.63, 3.8) is 0 Å². The van der Waals surface area contributed by atoms with E-state index in [0.717, 1.165) is 16.6 Å². The summed E-state index contributed by atoms with van der Waals surface area (Å²) in [4.78, 5) is 26.5. The molecule has 4 rings (SSSR count). The lowest BCUT2D eigenvalue weighted by Crippen LogP contribution is -2.52. The van der Waals surface area contributed by atoms with Gasteiger partial charge in [0, 0.05) is 48.8 Å². The van der Waals surface area contributed by atoms with Gasteiger partial charge in [-0.15, -0.1) is 0 Å². The highest BCUT2D eigenvalue weighted by Crippen LogP contribution is 2.21. The van der Waals surface area contributed by atoms with Gasteiger partial charge in [-0.1, -0.05) is 12.1 Å². The van der Waals surface area contributed by atoms with Gasteiger partial charge < -0.3 is 19.9 Å². The fraction of sp³-hybridized carbons (Fsp3) is 0.316. The molecule has 0 bridgehead atoms. The number of ether oxygens (including phenoxy) is 1. The van der Waals surface area contributed by atoms with Crippen molar-refractivity contribution in [3.8, 4) is 0 Å². The minimum atomic E-state index is -0.0108. The molecule has 134 valence electrons. The number of nitrogens with one attached hydrogen (secondary N) is 2. The maximum atomic E-state index is 13.2. The monoisotopic (exact) mass is 351 g/mol. The summed E-state index contributed by atoms with van der Waals surface area (Å²) < 4.78 is 5.61. The molecule has 3 heterocycles. The smallest absolute Gasteiger partial charge is 0.254 e. The molecule has 3 aromatic rings. The predicted octanol–water partition coefficient (Wildman–Crippen LogP) is 1.59. The van der Waals surface area contributed by atoms with Gasteiger partial charge in [-0.25, -0.2) is 4.98 Å². The number of hydrogen-bond donors (Lipinski definition) is 2. The first-order chi connectivity index (χ1) is 12.8. The van der Waals surface area contributed by atoms with Crippen LogP contribution in [-0.4, -0.2) is 58.1 Å². The lowest BCUT2D eigenvalue weighted by atomic mass is 10.0. The third-order valence-corrected chi connectivity index (χ3v) is 4.63. The standard InChI is InChI=1S/C19H21N5O2/c25-19(17-3-1-2-14-10-20-5-4-16(14)17)24-8-9-26-13-15(24)11-21-12-18-22-6-7-23-18/h1-7,10,15,21H,8-9,11-13H2,(H,22,23). The van der Waals surface area contributed by atoms with Gasteiger partial charge in [-0.05, 0) is 17.5 Å². The molecule has 7 nitrogen and oxygen atoms in total. The Kier molecular flexibility index (Phi) is 4.90. The van der Waals surface area contributed by atoms with Crippen LogP contribution in [0.1, 0.15) is 16.2 Å². The van der Waals surface area contributed by atoms with Crippen molar-refractivity contribution < 1.29 is 9.53 Å². The highest BCUT2D eigenvalue weighted by atomic mass is 16.5. The third kappa shape index (κ3) is 3.44. The van der Waals surface area contributed by atoms with E-state index < -0.39 is 0 Å². The molecule has 0 aliphatic carbocycles. The number of carbonyl (C=O) groups is 1. The van der Waals surface area contributed by atoms with Crippen LogP contribution in [0.3, 0.4) is 0 Å². The Morgan fingerprint density at radius 3 is 3.19 bits per heavy atom. The van der Waals surface area contributed by atoms with Crippen molar-refractivity contribution in [2.45, 2.75) is 12.6 Å². The molecule has 7 heteroatoms. The number of pyridine rings is 1. The van der Waals surface area contributed by atoms with Crippen LogP contribution in [0.15, 0.2) is 49.1 Å². The highest BCUT2D eigenvalue weighted by molar-refractivity contribution is 6.06. The van der Waals surface area contributed by atoms with E-state index in [2.05, 4.69) is 20.3 Å². The van der Waals surface area contributed by atoms with Crippen molar-refractivity contribution in [2.24, 2.45) is 0 Å². The first-order valence-electron chi connectivity index (χ1n) is 8.73. The molecule has 1 aliphatic rings. The van der Waals surface area contributed by atoms with Crippen LogP contribution >= 0.6 is 0 Å². The van der Waals surface area contributed by atoms with Crippen molar-refractivity contribution in [2.75, 3.05) is 26.3 Å². The van der Waals surface area contributed by atoms with Crippen LogP contribution in [-0.2, 0) is 11.3 Å². The van der Waals surface area contributed by atoms with Crippen LogP contribution in [0.2, 0.25) is 0 Å². The van der Waals surface area contributed by atoms with E-state index in [0.29, 0.717) is 38.4 Å². The molecular formula is C19H21N5O2. The molecule has 2 aromatic heterocycles. The Labute approximate surface area is 151 Å². The molecule has 1 unspecified atom stereocenters. The maximum Gasteiger partial charge on any atom is 0.254 e. The second-order valence-corrected chi connectivity index (χ2v) is 6.30. The lowest BCUT2D eigenvalue weighted by molar-refractivity contribution is -0.00147. The van der Waals surface area contributed by atoms with Crippen LogP contribution in [0.25, 0.3) is 10.8 Å². The summed E-state index contributed by atoms with van der Waals surface area (Å²) in [5.41, 5.74) is 0.711. The summed E-state index contributed by atoms with van der Waals surface area (Å²) in [7, 11) is 0. The summed E-state index contributed by atoms with van der Waals surface area (Å²) in [6.45, 7) is 2.97. The van der Waals surface area contributed by atoms with Crippen LogP contribution in [0.4, 0.5) is 0 Å². The number of aromatic amines is 1. The molecule has 26 heavy (non-hydrogen) atoms. The fourth-order valence-electron chi connectivity index (χ4n) is 3.31. The number of fused-ring (bicyclic) bond motifs is 1. The number of aromatic nitrogens is 3. The molecule has 1 aliphatic heterocycles. The van der Waals surface area contributed by atoms with Crippen LogP contribution in [0, 0.1) is 0 Å². The van der Waals surface area contributed by atoms with Crippen LogP contribution in [0.5, 0.6) is 0 Å². The molecule has 0 spiro atoms. The molecule has 1 aromatic carbocycles. The van der Waals surface area contributed by atoms with E-state index in [4.69, 9.17) is 4.74 Å². The average molecular weight is 351 g/mol. The zero-order chi connectivity index (χ0) is 17.8. The van der Waals surface area contributed by atoms with E-state index in [-0.39, 0.29) is 11.9 Å². The lowest BCUT2D eigenvalue weighted by Gasteiger charge is -2.36. The SMILES string of the molecule is O=C(c1cccc2cnccc12)N1CCOCC1CNCc1ncc[nH]1. The van der Waals surface area contributed by atoms with E-state index >= 15 is 0 Å². The van der Waals surface area contributed by atoms with Gasteiger partial charge in [0.2, 0.25) is 0 Å². The average Bonchev–Trinajstić information content (AvgIpc) is 3.21. The molecular weight excluding hydrogens is 330 g/mol. The van der Waals surface area contributed by atoms with E-state index in [1.165, 1.54) is 0 Å². The molecule has 0 radical (unpaired) electrons. The second-order valence-electron chi connectivity index (χ2n) is 6.30. The number of rotatable bonds is 5. The Bertz CT molecular complexity index is 875. The number of imidazole rings is 1. The number of H-pyrrole nitrogens is 1. The number of benzene rings is 1. The number of amides is 1. The first-order valence-corrected chi connectivity index (χ1v) is 8.73. The summed E-state index contributed by atoms with van der Waals surface area (Å²) in [5.74, 6) is 0.913. The van der Waals surface area contributed by atoms with E-state index in [9.17, 15) is 4.79 Å². The Morgan fingerprint density at radius 1 is 1.35 bits per heavy atom. The largest absolute Gasteiger partial charge is 0.377 e. The summed E-state index contributed by atoms with van der Waals surface area (Å²) in [5, 5.41) is 5.26. The maximum absolute atomic E-state index is 13.2. The molecule has 0 saturated carbocycles. The first kappa shape index (κ1) is 16.7. The van der Waals surface area contributed by atoms with Crippen LogP contribution < -0.4 is 5.32 Å². The Morgan fingerprint density at radius 2 is 2.31 bits per heavy atom. The zero-order valence-corrected chi connectivity index (χ0v) is 14.4. The van der Waals surface area contributed by atoms with Gasteiger partial charge in [-0.3, -0.25) is 9.78 Å². The predicted molar refractivity (Wildman–Crippen MR) is 97.7 cm³/mol. The van der Waals surface area contributed by atoms with E-state index in [1.54, 1.807) is 24.8 Å². The van der Waals surface area contributed by atoms with Crippen molar-refractivity contribution >= 4 is 16.7 Å². The number of hydrogen-bond acceptors (Lipinski definition) is 5. The Hall–Kier alpha value is -2.77. The normalized spacial score (nSPS) is 17.5. The summed E-state index contributed by atoms with van der Waals surface area (Å²) in [6, 6.07) is 7.65. The second kappa shape index (κ2) is 7.63. The zero-order valence-electron chi connectivity index (χ0n) is 14.4. The minimum Gasteiger partial charge on any atom is -0.377 e. The number of morpholine rings is 1. The van der Waals surface area contributed by atoms with Gasteiger partial charge >= 0.3 is 0 Å². The summed E-state index contributed by atoms with van der Waals surface area (Å²) >= 11 is 0. The third-order valence-electron chi connectivity index (χ3n) is 4.63. The quantitative estimate of drug-likeness (QED) is 0.729. The molecule has 1 fully saturated rings. The van der Waals surface area contributed by atoms with Gasteiger partial charge in [-0.2, -0.15) is 0 Å². The highest BCUT2D eigenvalue weighted by Gasteiger charge is 2.28. The Balaban J connectivity index is 1.50. The molecule has 1 atom stereocenters. The van der Waals surface area contributed by atoms with E-state index in [1.807, 2.05) is 29.2 Å². The molecule has 2 N–H and O–H groups in total. The summed E-state index contributed by atoms with van der Waals surface area (Å²) in [6.07, 6.45) is 7.03. The topological polar surface area (TPSA) is 83.1 Å². The molecule has 1 saturated heterocycles. The van der Waals surface area contributed by atoms with Crippen molar-refractivity contribution in [1.29, 1.82) is 0 Å². The van der Waals surface area contributed by atoms with Crippen molar-refractivity contribution in [1.82, 2.24) is 25.2 Å². The van der Waals surface area contributed by atoms with Crippen molar-refractivity contribution in [3.05, 3.63) is 60.4 Å². The number of nitrogens with zero attached hydrogens (tertiary/aromatic N) is 3. The number of carbonyl (C=O) groups excluding carboxylic acids is 1. The minimum absolute atomic E-state index is 0.0108. The van der Waals surface area contributed by atoms with Gasteiger partial charge in [0.1, 0.15) is 5.82 Å². The fourth-order valence-corrected chi connectivity index (χ4v) is 3.31. The van der Waals surface area contributed by atoms with Gasteiger partial charge in [0.15, 0.2) is 0 Å². The van der Waals surface area contributed by atoms with Gasteiger partial charge in [0.25, 0.3) is 5.91 Å².